The second-order valence-electron chi connectivity index (χ2n) is 5.58. The maximum Gasteiger partial charge on any atom is 0.443 e. The Kier molecular flexibility index (Phi) is 5.07. The molecule has 6 heteroatoms. The van der Waals surface area contributed by atoms with E-state index in [4.69, 9.17) is 0 Å². The summed E-state index contributed by atoms with van der Waals surface area (Å²) in [5.74, 6) is 0.792. The van der Waals surface area contributed by atoms with Gasteiger partial charge in [0.05, 0.1) is 11.0 Å². The molecule has 1 atom stereocenters. The molecule has 1 N–H and O–H groups in total. The minimum absolute atomic E-state index is 0.0737. The van der Waals surface area contributed by atoms with Gasteiger partial charge < -0.3 is 5.11 Å². The molecule has 1 aromatic heterocycles. The molecule has 0 aromatic carbocycles. The van der Waals surface area contributed by atoms with Crippen LogP contribution in [-0.4, -0.2) is 10.1 Å². The number of hydrogen-bond donors (Lipinski definition) is 1. The Balaban J connectivity index is 1.95. The van der Waals surface area contributed by atoms with E-state index in [2.05, 4.69) is 11.9 Å². The Morgan fingerprint density at radius 3 is 2.50 bits per heavy atom. The standard InChI is InChI=1S/C14H20F3NOS/c1-2-3-9-4-6-10(7-5-9)12(19)11-8-18-13(20-11)14(15,16)17/h8-10,12,19H,2-7H2,1H3. The van der Waals surface area contributed by atoms with Crippen LogP contribution in [0.2, 0.25) is 0 Å². The molecule has 1 saturated carbocycles. The molecule has 1 aliphatic rings. The molecule has 2 rings (SSSR count). The van der Waals surface area contributed by atoms with Gasteiger partial charge in [-0.15, -0.1) is 11.3 Å². The third kappa shape index (κ3) is 3.73. The maximum absolute atomic E-state index is 12.5. The summed E-state index contributed by atoms with van der Waals surface area (Å²) in [7, 11) is 0. The molecule has 0 saturated heterocycles. The van der Waals surface area contributed by atoms with Gasteiger partial charge in [-0.3, -0.25) is 0 Å². The zero-order valence-corrected chi connectivity index (χ0v) is 12.3. The summed E-state index contributed by atoms with van der Waals surface area (Å²) in [5, 5.41) is 9.37. The van der Waals surface area contributed by atoms with Crippen molar-refractivity contribution < 1.29 is 18.3 Å². The van der Waals surface area contributed by atoms with Crippen LogP contribution in [-0.2, 0) is 6.18 Å². The van der Waals surface area contributed by atoms with Gasteiger partial charge >= 0.3 is 6.18 Å². The smallest absolute Gasteiger partial charge is 0.387 e. The molecule has 2 nitrogen and oxygen atoms in total. The third-order valence-electron chi connectivity index (χ3n) is 4.09. The Bertz CT molecular complexity index is 424. The fourth-order valence-corrected chi connectivity index (χ4v) is 3.85. The van der Waals surface area contributed by atoms with Crippen LogP contribution in [0.5, 0.6) is 0 Å². The Labute approximate surface area is 121 Å². The van der Waals surface area contributed by atoms with Crippen molar-refractivity contribution in [1.82, 2.24) is 4.98 Å². The van der Waals surface area contributed by atoms with Gasteiger partial charge in [-0.05, 0) is 24.7 Å². The highest BCUT2D eigenvalue weighted by molar-refractivity contribution is 7.11. The number of aromatic nitrogens is 1. The summed E-state index contributed by atoms with van der Waals surface area (Å²) in [6.07, 6.45) is 2.27. The molecule has 1 heterocycles. The number of rotatable bonds is 4. The van der Waals surface area contributed by atoms with E-state index in [1.807, 2.05) is 0 Å². The summed E-state index contributed by atoms with van der Waals surface area (Å²) in [4.78, 5) is 3.73. The zero-order chi connectivity index (χ0) is 14.8. The quantitative estimate of drug-likeness (QED) is 0.866. The Morgan fingerprint density at radius 2 is 2.00 bits per heavy atom. The minimum atomic E-state index is -4.42. The lowest BCUT2D eigenvalue weighted by Gasteiger charge is -2.30. The van der Waals surface area contributed by atoms with Gasteiger partial charge in [-0.2, -0.15) is 13.2 Å². The third-order valence-corrected chi connectivity index (χ3v) is 5.21. The van der Waals surface area contributed by atoms with E-state index < -0.39 is 17.3 Å². The second kappa shape index (κ2) is 6.43. The van der Waals surface area contributed by atoms with Crippen LogP contribution in [0.3, 0.4) is 0 Å². The van der Waals surface area contributed by atoms with E-state index in [-0.39, 0.29) is 5.92 Å². The first-order chi connectivity index (χ1) is 9.41. The van der Waals surface area contributed by atoms with Crippen LogP contribution >= 0.6 is 11.3 Å². The first-order valence-corrected chi connectivity index (χ1v) is 7.94. The maximum atomic E-state index is 12.5. The van der Waals surface area contributed by atoms with Crippen LogP contribution in [0.25, 0.3) is 0 Å². The molecule has 1 aromatic rings. The van der Waals surface area contributed by atoms with Gasteiger partial charge in [0.2, 0.25) is 0 Å². The summed E-state index contributed by atoms with van der Waals surface area (Å²) >= 11 is 0.567. The van der Waals surface area contributed by atoms with E-state index >= 15 is 0 Å². The number of nitrogens with zero attached hydrogens (tertiary/aromatic N) is 1. The van der Waals surface area contributed by atoms with E-state index in [1.54, 1.807) is 0 Å². The van der Waals surface area contributed by atoms with Crippen molar-refractivity contribution >= 4 is 11.3 Å². The lowest BCUT2D eigenvalue weighted by Crippen LogP contribution is -2.20. The van der Waals surface area contributed by atoms with Crippen molar-refractivity contribution in [3.63, 3.8) is 0 Å². The lowest BCUT2D eigenvalue weighted by atomic mass is 9.77. The van der Waals surface area contributed by atoms with Gasteiger partial charge in [0.1, 0.15) is 0 Å². The molecule has 1 aliphatic carbocycles. The fraction of sp³-hybridized carbons (Fsp3) is 0.786. The number of hydrogen-bond acceptors (Lipinski definition) is 3. The summed E-state index contributed by atoms with van der Waals surface area (Å²) in [5.41, 5.74) is 0. The van der Waals surface area contributed by atoms with Gasteiger partial charge in [-0.25, -0.2) is 4.98 Å². The van der Waals surface area contributed by atoms with E-state index in [9.17, 15) is 18.3 Å². The highest BCUT2D eigenvalue weighted by Gasteiger charge is 2.36. The molecule has 20 heavy (non-hydrogen) atoms. The predicted octanol–water partition coefficient (Wildman–Crippen LogP) is 4.80. The van der Waals surface area contributed by atoms with Crippen molar-refractivity contribution in [2.75, 3.05) is 0 Å². The number of alkyl halides is 3. The summed E-state index contributed by atoms with van der Waals surface area (Å²) in [6, 6.07) is 0. The van der Waals surface area contributed by atoms with Gasteiger partial charge in [0.15, 0.2) is 5.01 Å². The Hall–Kier alpha value is -0.620. The molecule has 0 amide bonds. The van der Waals surface area contributed by atoms with Crippen LogP contribution < -0.4 is 0 Å². The summed E-state index contributed by atoms with van der Waals surface area (Å²) in [6.45, 7) is 2.16. The zero-order valence-electron chi connectivity index (χ0n) is 11.5. The van der Waals surface area contributed by atoms with Crippen molar-refractivity contribution in [2.24, 2.45) is 11.8 Å². The lowest BCUT2D eigenvalue weighted by molar-refractivity contribution is -0.137. The van der Waals surface area contributed by atoms with Crippen LogP contribution in [0.15, 0.2) is 6.20 Å². The first kappa shape index (κ1) is 15.8. The van der Waals surface area contributed by atoms with E-state index in [1.165, 1.54) is 19.0 Å². The fourth-order valence-electron chi connectivity index (χ4n) is 2.99. The topological polar surface area (TPSA) is 33.1 Å². The van der Waals surface area contributed by atoms with Crippen molar-refractivity contribution in [3.05, 3.63) is 16.1 Å². The second-order valence-corrected chi connectivity index (χ2v) is 6.64. The largest absolute Gasteiger partial charge is 0.443 e. The summed E-state index contributed by atoms with van der Waals surface area (Å²) < 4.78 is 37.5. The highest BCUT2D eigenvalue weighted by Crippen LogP contribution is 2.41. The molecule has 114 valence electrons. The van der Waals surface area contributed by atoms with Gasteiger partial charge in [0, 0.05) is 6.20 Å². The molecule has 0 spiro atoms. The van der Waals surface area contributed by atoms with Crippen LogP contribution in [0, 0.1) is 11.8 Å². The van der Waals surface area contributed by atoms with E-state index in [0.29, 0.717) is 16.2 Å². The average Bonchev–Trinajstić information content (AvgIpc) is 2.89. The highest BCUT2D eigenvalue weighted by atomic mass is 32.1. The predicted molar refractivity (Wildman–Crippen MR) is 72.4 cm³/mol. The van der Waals surface area contributed by atoms with Crippen molar-refractivity contribution in [1.29, 1.82) is 0 Å². The molecular weight excluding hydrogens is 287 g/mol. The van der Waals surface area contributed by atoms with Crippen LogP contribution in [0.4, 0.5) is 13.2 Å². The minimum Gasteiger partial charge on any atom is -0.387 e. The average molecular weight is 307 g/mol. The SMILES string of the molecule is CCCC1CCC(C(O)c2cnc(C(F)(F)F)s2)CC1. The molecule has 1 fully saturated rings. The first-order valence-electron chi connectivity index (χ1n) is 7.12. The Morgan fingerprint density at radius 1 is 1.35 bits per heavy atom. The van der Waals surface area contributed by atoms with E-state index in [0.717, 1.165) is 31.6 Å². The monoisotopic (exact) mass is 307 g/mol. The number of thiazole rings is 1. The van der Waals surface area contributed by atoms with Crippen molar-refractivity contribution in [3.8, 4) is 0 Å². The number of aliphatic hydroxyl groups is 1. The van der Waals surface area contributed by atoms with Crippen molar-refractivity contribution in [2.45, 2.75) is 57.7 Å². The van der Waals surface area contributed by atoms with Crippen LogP contribution in [0.1, 0.15) is 61.4 Å². The van der Waals surface area contributed by atoms with Gasteiger partial charge in [-0.1, -0.05) is 32.6 Å². The van der Waals surface area contributed by atoms with Gasteiger partial charge in [0.25, 0.3) is 0 Å². The molecular formula is C14H20F3NOS. The molecule has 0 bridgehead atoms. The molecule has 1 unspecified atom stereocenters. The normalized spacial score (nSPS) is 25.6. The molecule has 0 aliphatic heterocycles. The number of aliphatic hydroxyl groups excluding tert-OH is 1. The molecule has 0 radical (unpaired) electrons. The number of halogens is 3.